The van der Waals surface area contributed by atoms with Crippen LogP contribution in [0.25, 0.3) is 0 Å². The van der Waals surface area contributed by atoms with Gasteiger partial charge in [0.2, 0.25) is 0 Å². The Labute approximate surface area is 111 Å². The highest BCUT2D eigenvalue weighted by Gasteiger charge is 2.24. The van der Waals surface area contributed by atoms with E-state index < -0.39 is 24.0 Å². The van der Waals surface area contributed by atoms with Crippen molar-refractivity contribution >= 4 is 0 Å². The zero-order valence-corrected chi connectivity index (χ0v) is 11.2. The summed E-state index contributed by atoms with van der Waals surface area (Å²) in [4.78, 5) is 0. The van der Waals surface area contributed by atoms with Crippen LogP contribution in [-0.4, -0.2) is 25.5 Å². The Hall–Kier alpha value is -1.08. The molecule has 0 saturated carbocycles. The second kappa shape index (κ2) is 8.16. The lowest BCUT2D eigenvalue weighted by atomic mass is 10.0. The van der Waals surface area contributed by atoms with Crippen LogP contribution >= 0.6 is 0 Å². The van der Waals surface area contributed by atoms with Gasteiger partial charge in [0, 0.05) is 18.8 Å². The molecule has 0 amide bonds. The van der Waals surface area contributed by atoms with Crippen LogP contribution in [-0.2, 0) is 15.9 Å². The Morgan fingerprint density at radius 2 is 1.68 bits per heavy atom. The Kier molecular flexibility index (Phi) is 6.86. The van der Waals surface area contributed by atoms with Gasteiger partial charge in [-0.2, -0.15) is 0 Å². The summed E-state index contributed by atoms with van der Waals surface area (Å²) in [5.41, 5.74) is 2.46. The van der Waals surface area contributed by atoms with E-state index in [4.69, 9.17) is 15.3 Å². The first-order valence-corrected chi connectivity index (χ1v) is 6.26. The van der Waals surface area contributed by atoms with Crippen LogP contribution in [0.5, 0.6) is 0 Å². The van der Waals surface area contributed by atoms with Gasteiger partial charge in [-0.15, -0.1) is 0 Å². The fourth-order valence-electron chi connectivity index (χ4n) is 1.79. The van der Waals surface area contributed by atoms with E-state index in [1.54, 1.807) is 0 Å². The first-order chi connectivity index (χ1) is 9.13. The summed E-state index contributed by atoms with van der Waals surface area (Å²) >= 11 is 0. The van der Waals surface area contributed by atoms with Crippen molar-refractivity contribution in [1.29, 1.82) is 0 Å². The van der Waals surface area contributed by atoms with Crippen molar-refractivity contribution in [2.75, 3.05) is 13.2 Å². The van der Waals surface area contributed by atoms with E-state index in [1.807, 2.05) is 13.8 Å². The molecule has 0 aromatic heterocycles. The van der Waals surface area contributed by atoms with Gasteiger partial charge in [-0.25, -0.2) is 8.78 Å². The minimum Gasteiger partial charge on any atom is -0.351 e. The number of ether oxygens (including phenoxy) is 2. The fraction of sp³-hybridized carbons (Fsp3) is 0.538. The molecule has 0 heterocycles. The van der Waals surface area contributed by atoms with Crippen LogP contribution in [0.4, 0.5) is 8.78 Å². The standard InChI is InChI=1S/C13H20F2N2O2/c1-3-18-13(19-4-2)12(17-16)8-9-10(14)6-5-7-11(9)15/h5-7,12-13,17H,3-4,8,16H2,1-2H3. The molecule has 1 unspecified atom stereocenters. The van der Waals surface area contributed by atoms with E-state index in [-0.39, 0.29) is 12.0 Å². The highest BCUT2D eigenvalue weighted by Crippen LogP contribution is 2.16. The molecule has 0 aliphatic carbocycles. The Morgan fingerprint density at radius 1 is 1.16 bits per heavy atom. The molecule has 0 fully saturated rings. The average molecular weight is 274 g/mol. The monoisotopic (exact) mass is 274 g/mol. The third-order valence-corrected chi connectivity index (χ3v) is 2.69. The summed E-state index contributed by atoms with van der Waals surface area (Å²) in [6.07, 6.45) is -0.612. The number of nitrogens with two attached hydrogens (primary N) is 1. The Bertz CT molecular complexity index is 365. The van der Waals surface area contributed by atoms with Crippen molar-refractivity contribution in [2.24, 2.45) is 5.84 Å². The first-order valence-electron chi connectivity index (χ1n) is 6.26. The largest absolute Gasteiger partial charge is 0.351 e. The molecule has 3 N–H and O–H groups in total. The zero-order valence-electron chi connectivity index (χ0n) is 11.2. The van der Waals surface area contributed by atoms with Gasteiger partial charge in [-0.1, -0.05) is 6.07 Å². The summed E-state index contributed by atoms with van der Waals surface area (Å²) in [6.45, 7) is 4.46. The number of hydrogen-bond donors (Lipinski definition) is 2. The molecule has 0 saturated heterocycles. The van der Waals surface area contributed by atoms with E-state index in [2.05, 4.69) is 5.43 Å². The van der Waals surface area contributed by atoms with Gasteiger partial charge < -0.3 is 9.47 Å². The van der Waals surface area contributed by atoms with Crippen LogP contribution in [0, 0.1) is 11.6 Å². The first kappa shape index (κ1) is 16.0. The van der Waals surface area contributed by atoms with Crippen molar-refractivity contribution in [3.63, 3.8) is 0 Å². The molecule has 108 valence electrons. The van der Waals surface area contributed by atoms with E-state index in [0.29, 0.717) is 13.2 Å². The van der Waals surface area contributed by atoms with E-state index >= 15 is 0 Å². The maximum Gasteiger partial charge on any atom is 0.174 e. The number of nitrogens with one attached hydrogen (secondary N) is 1. The quantitative estimate of drug-likeness (QED) is 0.431. The minimum absolute atomic E-state index is 0.0325. The molecule has 0 spiro atoms. The predicted molar refractivity (Wildman–Crippen MR) is 68.2 cm³/mol. The number of benzene rings is 1. The van der Waals surface area contributed by atoms with Gasteiger partial charge >= 0.3 is 0 Å². The van der Waals surface area contributed by atoms with E-state index in [1.165, 1.54) is 18.2 Å². The number of halogens is 2. The molecule has 1 aromatic rings. The highest BCUT2D eigenvalue weighted by molar-refractivity contribution is 5.20. The lowest BCUT2D eigenvalue weighted by Crippen LogP contribution is -2.48. The molecule has 0 aliphatic rings. The predicted octanol–water partition coefficient (Wildman–Crippen LogP) is 1.74. The number of hydrazine groups is 1. The molecule has 6 heteroatoms. The SMILES string of the molecule is CCOC(OCC)C(Cc1c(F)cccc1F)NN. The second-order valence-corrected chi connectivity index (χ2v) is 3.96. The van der Waals surface area contributed by atoms with Crippen molar-refractivity contribution in [2.45, 2.75) is 32.6 Å². The third-order valence-electron chi connectivity index (χ3n) is 2.69. The van der Waals surface area contributed by atoms with Crippen molar-refractivity contribution in [3.05, 3.63) is 35.4 Å². The summed E-state index contributed by atoms with van der Waals surface area (Å²) in [6, 6.07) is 3.21. The Balaban J connectivity index is 2.85. The molecule has 0 aliphatic heterocycles. The average Bonchev–Trinajstić information content (AvgIpc) is 2.38. The Morgan fingerprint density at radius 3 is 2.11 bits per heavy atom. The van der Waals surface area contributed by atoms with E-state index in [9.17, 15) is 8.78 Å². The van der Waals surface area contributed by atoms with Gasteiger partial charge in [-0.3, -0.25) is 11.3 Å². The topological polar surface area (TPSA) is 56.5 Å². The summed E-state index contributed by atoms with van der Waals surface area (Å²) in [7, 11) is 0. The summed E-state index contributed by atoms with van der Waals surface area (Å²) in [5, 5.41) is 0. The third kappa shape index (κ3) is 4.50. The number of hydrogen-bond acceptors (Lipinski definition) is 4. The summed E-state index contributed by atoms with van der Waals surface area (Å²) < 4.78 is 37.9. The van der Waals surface area contributed by atoms with Crippen LogP contribution in [0.15, 0.2) is 18.2 Å². The van der Waals surface area contributed by atoms with Crippen molar-refractivity contribution in [1.82, 2.24) is 5.43 Å². The van der Waals surface area contributed by atoms with Gasteiger partial charge in [0.25, 0.3) is 0 Å². The molecule has 4 nitrogen and oxygen atoms in total. The highest BCUT2D eigenvalue weighted by atomic mass is 19.1. The molecule has 0 radical (unpaired) electrons. The zero-order chi connectivity index (χ0) is 14.3. The minimum atomic E-state index is -0.654. The van der Waals surface area contributed by atoms with Gasteiger partial charge in [0.1, 0.15) is 11.6 Å². The second-order valence-electron chi connectivity index (χ2n) is 3.96. The van der Waals surface area contributed by atoms with Gasteiger partial charge in [0.05, 0.1) is 6.04 Å². The fourth-order valence-corrected chi connectivity index (χ4v) is 1.79. The lowest BCUT2D eigenvalue weighted by molar-refractivity contribution is -0.154. The van der Waals surface area contributed by atoms with E-state index in [0.717, 1.165) is 0 Å². The van der Waals surface area contributed by atoms with Crippen molar-refractivity contribution < 1.29 is 18.3 Å². The molecule has 19 heavy (non-hydrogen) atoms. The summed E-state index contributed by atoms with van der Waals surface area (Å²) in [5.74, 6) is 4.22. The van der Waals surface area contributed by atoms with Crippen molar-refractivity contribution in [3.8, 4) is 0 Å². The molecule has 1 atom stereocenters. The van der Waals surface area contributed by atoms with Crippen LogP contribution in [0.2, 0.25) is 0 Å². The molecular weight excluding hydrogens is 254 g/mol. The van der Waals surface area contributed by atoms with Crippen LogP contribution < -0.4 is 11.3 Å². The van der Waals surface area contributed by atoms with Gasteiger partial charge in [0.15, 0.2) is 6.29 Å². The normalized spacial score (nSPS) is 12.9. The lowest BCUT2D eigenvalue weighted by Gasteiger charge is -2.26. The molecule has 0 bridgehead atoms. The maximum atomic E-state index is 13.6. The molecule has 1 rings (SSSR count). The molecular formula is C13H20F2N2O2. The van der Waals surface area contributed by atoms with Crippen LogP contribution in [0.1, 0.15) is 19.4 Å². The van der Waals surface area contributed by atoms with Crippen LogP contribution in [0.3, 0.4) is 0 Å². The number of rotatable bonds is 8. The smallest absolute Gasteiger partial charge is 0.174 e. The molecule has 1 aromatic carbocycles. The van der Waals surface area contributed by atoms with Gasteiger partial charge in [-0.05, 0) is 32.4 Å². The maximum absolute atomic E-state index is 13.6.